The average molecular weight is 413 g/mol. The van der Waals surface area contributed by atoms with E-state index < -0.39 is 5.97 Å². The maximum atomic E-state index is 12.3. The molecule has 0 radical (unpaired) electrons. The van der Waals surface area contributed by atoms with Gasteiger partial charge in [0.05, 0.1) is 12.1 Å². The van der Waals surface area contributed by atoms with E-state index in [1.54, 1.807) is 6.07 Å². The van der Waals surface area contributed by atoms with Crippen LogP contribution in [-0.4, -0.2) is 27.7 Å². The molecule has 0 saturated heterocycles. The lowest BCUT2D eigenvalue weighted by Gasteiger charge is -2.12. The first-order valence-corrected chi connectivity index (χ1v) is 9.67. The van der Waals surface area contributed by atoms with E-state index in [1.807, 2.05) is 42.5 Å². The number of benzene rings is 2. The number of nitrogens with zero attached hydrogens (tertiary/aromatic N) is 1. The largest absolute Gasteiger partial charge is 0.478 e. The molecule has 7 heteroatoms. The van der Waals surface area contributed by atoms with Crippen molar-refractivity contribution in [3.63, 3.8) is 0 Å². The Bertz CT molecular complexity index is 996. The Morgan fingerprint density at radius 1 is 1.07 bits per heavy atom. The van der Waals surface area contributed by atoms with Crippen molar-refractivity contribution in [1.82, 2.24) is 4.98 Å². The highest BCUT2D eigenvalue weighted by molar-refractivity contribution is 8.13. The summed E-state index contributed by atoms with van der Waals surface area (Å²) >= 11 is 6.92. The monoisotopic (exact) mass is 412 g/mol. The number of carboxylic acid groups (broad SMARTS) is 1. The highest BCUT2D eigenvalue weighted by atomic mass is 35.5. The van der Waals surface area contributed by atoms with Crippen LogP contribution < -0.4 is 5.32 Å². The predicted molar refractivity (Wildman–Crippen MR) is 111 cm³/mol. The number of hydrogen-bond acceptors (Lipinski definition) is 5. The maximum Gasteiger partial charge on any atom is 0.338 e. The number of pyridine rings is 1. The van der Waals surface area contributed by atoms with Gasteiger partial charge in [-0.25, -0.2) is 9.78 Å². The highest BCUT2D eigenvalue weighted by Gasteiger charge is 2.15. The number of aromatic nitrogens is 1. The Morgan fingerprint density at radius 3 is 2.61 bits per heavy atom. The molecule has 2 aromatic carbocycles. The first-order chi connectivity index (χ1) is 13.5. The second kappa shape index (κ2) is 9.39. The van der Waals surface area contributed by atoms with Crippen molar-refractivity contribution in [1.29, 1.82) is 0 Å². The van der Waals surface area contributed by atoms with Gasteiger partial charge in [0, 0.05) is 16.9 Å². The van der Waals surface area contributed by atoms with Gasteiger partial charge in [-0.2, -0.15) is 0 Å². The predicted octanol–water partition coefficient (Wildman–Crippen LogP) is 4.75. The van der Waals surface area contributed by atoms with Crippen molar-refractivity contribution < 1.29 is 14.7 Å². The third-order valence-corrected chi connectivity index (χ3v) is 5.07. The van der Waals surface area contributed by atoms with Gasteiger partial charge < -0.3 is 10.4 Å². The molecule has 28 heavy (non-hydrogen) atoms. The fourth-order valence-electron chi connectivity index (χ4n) is 2.63. The number of aromatic carboxylic acids is 1. The molecule has 0 unspecified atom stereocenters. The first kappa shape index (κ1) is 19.9. The summed E-state index contributed by atoms with van der Waals surface area (Å²) in [6.45, 7) is 0.0163. The molecule has 0 bridgehead atoms. The topological polar surface area (TPSA) is 79.3 Å². The van der Waals surface area contributed by atoms with Crippen molar-refractivity contribution >= 4 is 40.1 Å². The lowest BCUT2D eigenvalue weighted by Crippen LogP contribution is -2.13. The van der Waals surface area contributed by atoms with E-state index in [4.69, 9.17) is 11.6 Å². The molecule has 0 aliphatic heterocycles. The Morgan fingerprint density at radius 2 is 1.86 bits per heavy atom. The molecular formula is C21H17ClN2O3S. The minimum Gasteiger partial charge on any atom is -0.478 e. The molecule has 1 heterocycles. The smallest absolute Gasteiger partial charge is 0.338 e. The fraction of sp³-hybridized carbons (Fsp3) is 0.0952. The zero-order chi connectivity index (χ0) is 19.9. The highest BCUT2D eigenvalue weighted by Crippen LogP contribution is 2.25. The molecule has 5 nitrogen and oxygen atoms in total. The number of carbonyl (C=O) groups excluding carboxylic acids is 1. The molecule has 0 spiro atoms. The number of halogens is 1. The average Bonchev–Trinajstić information content (AvgIpc) is 2.69. The zero-order valence-electron chi connectivity index (χ0n) is 14.8. The van der Waals surface area contributed by atoms with Crippen molar-refractivity contribution in [3.05, 3.63) is 88.6 Å². The van der Waals surface area contributed by atoms with E-state index in [2.05, 4.69) is 10.3 Å². The Balaban J connectivity index is 1.69. The zero-order valence-corrected chi connectivity index (χ0v) is 16.3. The van der Waals surface area contributed by atoms with Crippen LogP contribution in [0.5, 0.6) is 0 Å². The standard InChI is InChI=1S/C21H17ClN2O3S/c22-16-9-8-15(11-14-5-2-1-3-6-14)18(12-16)24-13-19(25)28-20-17(21(26)27)7-4-10-23-20/h1-10,12,24H,11,13H2,(H,26,27). The molecule has 0 saturated carbocycles. The van der Waals surface area contributed by atoms with Crippen LogP contribution in [0.2, 0.25) is 5.02 Å². The van der Waals surface area contributed by atoms with Gasteiger partial charge in [0.2, 0.25) is 5.12 Å². The summed E-state index contributed by atoms with van der Waals surface area (Å²) in [5.41, 5.74) is 2.93. The Kier molecular flexibility index (Phi) is 6.68. The van der Waals surface area contributed by atoms with Crippen molar-refractivity contribution in [2.45, 2.75) is 11.4 Å². The normalized spacial score (nSPS) is 10.5. The molecule has 0 aliphatic rings. The van der Waals surface area contributed by atoms with Crippen LogP contribution in [0.25, 0.3) is 0 Å². The van der Waals surface area contributed by atoms with E-state index >= 15 is 0 Å². The summed E-state index contributed by atoms with van der Waals surface area (Å²) in [6, 6.07) is 18.5. The minimum atomic E-state index is -1.11. The third kappa shape index (κ3) is 5.34. The molecule has 142 valence electrons. The van der Waals surface area contributed by atoms with Crippen LogP contribution in [0.3, 0.4) is 0 Å². The van der Waals surface area contributed by atoms with E-state index in [9.17, 15) is 14.7 Å². The molecular weight excluding hydrogens is 396 g/mol. The molecule has 1 aromatic heterocycles. The molecule has 0 aliphatic carbocycles. The minimum absolute atomic E-state index is 0.00775. The fourth-order valence-corrected chi connectivity index (χ4v) is 3.54. The SMILES string of the molecule is O=C(CNc1cc(Cl)ccc1Cc1ccccc1)Sc1ncccc1C(=O)O. The van der Waals surface area contributed by atoms with Gasteiger partial charge in [-0.1, -0.05) is 48.0 Å². The number of rotatable bonds is 7. The van der Waals surface area contributed by atoms with Crippen molar-refractivity contribution in [2.24, 2.45) is 0 Å². The van der Waals surface area contributed by atoms with Crippen LogP contribution in [0.4, 0.5) is 5.69 Å². The second-order valence-electron chi connectivity index (χ2n) is 5.95. The van der Waals surface area contributed by atoms with Gasteiger partial charge >= 0.3 is 5.97 Å². The van der Waals surface area contributed by atoms with Crippen molar-refractivity contribution in [2.75, 3.05) is 11.9 Å². The van der Waals surface area contributed by atoms with Crippen LogP contribution in [0, 0.1) is 0 Å². The lowest BCUT2D eigenvalue weighted by molar-refractivity contribution is -0.109. The number of thioether (sulfide) groups is 1. The molecule has 0 fully saturated rings. The molecule has 2 N–H and O–H groups in total. The van der Waals surface area contributed by atoms with Gasteiger partial charge in [0.25, 0.3) is 0 Å². The van der Waals surface area contributed by atoms with Crippen LogP contribution in [-0.2, 0) is 11.2 Å². The number of hydrogen-bond donors (Lipinski definition) is 2. The Hall–Kier alpha value is -2.83. The van der Waals surface area contributed by atoms with E-state index in [1.165, 1.54) is 18.3 Å². The van der Waals surface area contributed by atoms with Crippen molar-refractivity contribution in [3.8, 4) is 0 Å². The first-order valence-electron chi connectivity index (χ1n) is 8.48. The summed E-state index contributed by atoms with van der Waals surface area (Å²) in [5.74, 6) is -1.11. The summed E-state index contributed by atoms with van der Waals surface area (Å²) < 4.78 is 0. The van der Waals surface area contributed by atoms with Crippen LogP contribution >= 0.6 is 23.4 Å². The molecule has 3 aromatic rings. The number of nitrogens with one attached hydrogen (secondary N) is 1. The van der Waals surface area contributed by atoms with Gasteiger partial charge in [0.1, 0.15) is 5.03 Å². The number of carbonyl (C=O) groups is 2. The molecule has 0 atom stereocenters. The van der Waals surface area contributed by atoms with Gasteiger partial charge in [-0.3, -0.25) is 4.79 Å². The summed E-state index contributed by atoms with van der Waals surface area (Å²) in [7, 11) is 0. The molecule has 3 rings (SSSR count). The second-order valence-corrected chi connectivity index (χ2v) is 7.44. The van der Waals surface area contributed by atoms with Crippen LogP contribution in [0.1, 0.15) is 21.5 Å². The molecule has 0 amide bonds. The van der Waals surface area contributed by atoms with Gasteiger partial charge in [-0.05, 0) is 53.6 Å². The number of carboxylic acids is 1. The Labute approximate surface area is 171 Å². The summed E-state index contributed by atoms with van der Waals surface area (Å²) in [4.78, 5) is 27.6. The maximum absolute atomic E-state index is 12.3. The number of anilines is 1. The lowest BCUT2D eigenvalue weighted by atomic mass is 10.0. The van der Waals surface area contributed by atoms with E-state index in [0.717, 1.165) is 28.6 Å². The van der Waals surface area contributed by atoms with Crippen LogP contribution in [0.15, 0.2) is 71.9 Å². The van der Waals surface area contributed by atoms with Gasteiger partial charge in [0.15, 0.2) is 0 Å². The summed E-state index contributed by atoms with van der Waals surface area (Å²) in [6.07, 6.45) is 2.16. The third-order valence-electron chi connectivity index (χ3n) is 3.94. The van der Waals surface area contributed by atoms with Gasteiger partial charge in [-0.15, -0.1) is 0 Å². The quantitative estimate of drug-likeness (QED) is 0.545. The summed E-state index contributed by atoms with van der Waals surface area (Å²) in [5, 5.41) is 12.8. The van der Waals surface area contributed by atoms with E-state index in [0.29, 0.717) is 11.4 Å². The van der Waals surface area contributed by atoms with E-state index in [-0.39, 0.29) is 22.2 Å².